The third kappa shape index (κ3) is 2.91. The number of hydrogen-bond donors (Lipinski definition) is 4. The molecule has 0 unspecified atom stereocenters. The molecule has 0 aliphatic rings. The highest BCUT2D eigenvalue weighted by Crippen LogP contribution is 2.17. The summed E-state index contributed by atoms with van der Waals surface area (Å²) in [6.45, 7) is -0.00858. The lowest BCUT2D eigenvalue weighted by molar-refractivity contribution is -0.144. The summed E-state index contributed by atoms with van der Waals surface area (Å²) in [5.74, 6) is -1.11. The van der Waals surface area contributed by atoms with E-state index in [9.17, 15) is 4.79 Å². The van der Waals surface area contributed by atoms with Crippen molar-refractivity contribution in [1.82, 2.24) is 4.90 Å². The number of nitrogens with zero attached hydrogens (tertiary/aromatic N) is 1. The van der Waals surface area contributed by atoms with Gasteiger partial charge in [0.2, 0.25) is 0 Å². The number of aliphatic hydroxyl groups is 3. The van der Waals surface area contributed by atoms with Crippen LogP contribution in [0.1, 0.15) is 13.3 Å². The van der Waals surface area contributed by atoms with Crippen LogP contribution >= 0.6 is 0 Å². The SMILES string of the molecule is CCC(CO)(CO)N(CO)CC(=O)O. The molecule has 0 aromatic rings. The molecule has 0 atom stereocenters. The van der Waals surface area contributed by atoms with Crippen LogP contribution in [-0.4, -0.2) is 63.3 Å². The molecule has 0 rings (SSSR count). The van der Waals surface area contributed by atoms with Crippen molar-refractivity contribution < 1.29 is 25.2 Å². The van der Waals surface area contributed by atoms with Gasteiger partial charge in [-0.15, -0.1) is 0 Å². The van der Waals surface area contributed by atoms with E-state index < -0.39 is 38.0 Å². The summed E-state index contributed by atoms with van der Waals surface area (Å²) in [6.07, 6.45) is 0.355. The molecule has 0 saturated heterocycles. The molecule has 0 bridgehead atoms. The third-order valence-electron chi connectivity index (χ3n) is 2.41. The van der Waals surface area contributed by atoms with Gasteiger partial charge in [-0.05, 0) is 6.42 Å². The van der Waals surface area contributed by atoms with Crippen molar-refractivity contribution in [3.63, 3.8) is 0 Å². The fourth-order valence-electron chi connectivity index (χ4n) is 1.23. The fraction of sp³-hybridized carbons (Fsp3) is 0.875. The van der Waals surface area contributed by atoms with Crippen molar-refractivity contribution in [1.29, 1.82) is 0 Å². The van der Waals surface area contributed by atoms with Crippen LogP contribution in [0.3, 0.4) is 0 Å². The van der Waals surface area contributed by atoms with Gasteiger partial charge in [0.15, 0.2) is 0 Å². The highest BCUT2D eigenvalue weighted by molar-refractivity contribution is 5.69. The summed E-state index contributed by atoms with van der Waals surface area (Å²) < 4.78 is 0. The lowest BCUT2D eigenvalue weighted by atomic mass is 9.96. The Hall–Kier alpha value is -0.690. The van der Waals surface area contributed by atoms with Crippen LogP contribution in [0.5, 0.6) is 0 Å². The number of carboxylic acid groups (broad SMARTS) is 1. The van der Waals surface area contributed by atoms with E-state index in [4.69, 9.17) is 20.4 Å². The van der Waals surface area contributed by atoms with Crippen molar-refractivity contribution in [2.45, 2.75) is 18.9 Å². The molecule has 4 N–H and O–H groups in total. The molecule has 0 aromatic heterocycles. The monoisotopic (exact) mass is 207 g/mol. The Bertz CT molecular complexity index is 172. The van der Waals surface area contributed by atoms with Crippen molar-refractivity contribution in [2.75, 3.05) is 26.5 Å². The van der Waals surface area contributed by atoms with Crippen molar-refractivity contribution >= 4 is 5.97 Å². The zero-order valence-corrected chi connectivity index (χ0v) is 8.18. The predicted molar refractivity (Wildman–Crippen MR) is 48.6 cm³/mol. The Morgan fingerprint density at radius 3 is 2.00 bits per heavy atom. The van der Waals surface area contributed by atoms with E-state index in [0.29, 0.717) is 6.42 Å². The van der Waals surface area contributed by atoms with Gasteiger partial charge in [0.1, 0.15) is 0 Å². The molecule has 84 valence electrons. The number of aliphatic hydroxyl groups excluding tert-OH is 3. The number of hydrogen-bond acceptors (Lipinski definition) is 5. The molecule has 14 heavy (non-hydrogen) atoms. The maximum atomic E-state index is 10.4. The van der Waals surface area contributed by atoms with Crippen molar-refractivity contribution in [3.05, 3.63) is 0 Å². The van der Waals surface area contributed by atoms with E-state index in [0.717, 1.165) is 4.90 Å². The van der Waals surface area contributed by atoms with Gasteiger partial charge in [0, 0.05) is 0 Å². The van der Waals surface area contributed by atoms with Crippen LogP contribution in [0, 0.1) is 0 Å². The minimum Gasteiger partial charge on any atom is -0.480 e. The summed E-state index contributed by atoms with van der Waals surface area (Å²) in [5, 5.41) is 35.7. The molecule has 6 nitrogen and oxygen atoms in total. The number of rotatable bonds is 7. The van der Waals surface area contributed by atoms with E-state index in [1.54, 1.807) is 6.92 Å². The van der Waals surface area contributed by atoms with E-state index >= 15 is 0 Å². The van der Waals surface area contributed by atoms with E-state index in [1.807, 2.05) is 0 Å². The molecular weight excluding hydrogens is 190 g/mol. The van der Waals surface area contributed by atoms with Gasteiger partial charge in [-0.25, -0.2) is 0 Å². The number of aliphatic carboxylic acids is 1. The van der Waals surface area contributed by atoms with Crippen molar-refractivity contribution in [2.24, 2.45) is 0 Å². The molecule has 0 spiro atoms. The maximum absolute atomic E-state index is 10.4. The van der Waals surface area contributed by atoms with Gasteiger partial charge in [-0.3, -0.25) is 9.69 Å². The predicted octanol–water partition coefficient (Wildman–Crippen LogP) is -1.54. The van der Waals surface area contributed by atoms with Gasteiger partial charge in [-0.1, -0.05) is 6.92 Å². The lowest BCUT2D eigenvalue weighted by Crippen LogP contribution is -2.56. The molecule has 0 heterocycles. The zero-order chi connectivity index (χ0) is 11.2. The average molecular weight is 207 g/mol. The van der Waals surface area contributed by atoms with E-state index in [1.165, 1.54) is 0 Å². The summed E-state index contributed by atoms with van der Waals surface area (Å²) in [4.78, 5) is 11.6. The molecule has 0 aliphatic heterocycles. The Labute approximate surface area is 82.4 Å². The minimum atomic E-state index is -1.11. The summed E-state index contributed by atoms with van der Waals surface area (Å²) >= 11 is 0. The first-order chi connectivity index (χ1) is 6.56. The molecule has 0 aliphatic carbocycles. The molecule has 0 amide bonds. The standard InChI is InChI=1S/C8H17NO5/c1-2-8(4-10,5-11)9(6-12)3-7(13)14/h10-12H,2-6H2,1H3,(H,13,14). The molecule has 0 radical (unpaired) electrons. The molecule has 0 saturated carbocycles. The Morgan fingerprint density at radius 1 is 1.29 bits per heavy atom. The molecular formula is C8H17NO5. The second kappa shape index (κ2) is 5.92. The summed E-state index contributed by atoms with van der Waals surface area (Å²) in [6, 6.07) is 0. The second-order valence-electron chi connectivity index (χ2n) is 3.13. The van der Waals surface area contributed by atoms with Gasteiger partial charge in [0.25, 0.3) is 0 Å². The van der Waals surface area contributed by atoms with Crippen LogP contribution in [0.2, 0.25) is 0 Å². The van der Waals surface area contributed by atoms with Gasteiger partial charge < -0.3 is 20.4 Å². The maximum Gasteiger partial charge on any atom is 0.317 e. The second-order valence-corrected chi connectivity index (χ2v) is 3.13. The third-order valence-corrected chi connectivity index (χ3v) is 2.41. The first-order valence-electron chi connectivity index (χ1n) is 4.35. The summed E-state index contributed by atoms with van der Waals surface area (Å²) in [7, 11) is 0. The lowest BCUT2D eigenvalue weighted by Gasteiger charge is -2.38. The topological polar surface area (TPSA) is 101 Å². The Morgan fingerprint density at radius 2 is 1.79 bits per heavy atom. The Kier molecular flexibility index (Phi) is 5.63. The first kappa shape index (κ1) is 13.3. The largest absolute Gasteiger partial charge is 0.480 e. The molecule has 0 aromatic carbocycles. The van der Waals surface area contributed by atoms with Crippen molar-refractivity contribution in [3.8, 4) is 0 Å². The van der Waals surface area contributed by atoms with Gasteiger partial charge >= 0.3 is 5.97 Å². The smallest absolute Gasteiger partial charge is 0.317 e. The normalized spacial score (nSPS) is 12.1. The summed E-state index contributed by atoms with van der Waals surface area (Å²) in [5.41, 5.74) is -1.06. The fourth-order valence-corrected chi connectivity index (χ4v) is 1.23. The highest BCUT2D eigenvalue weighted by atomic mass is 16.4. The zero-order valence-electron chi connectivity index (χ0n) is 8.18. The van der Waals surface area contributed by atoms with Gasteiger partial charge in [-0.2, -0.15) is 0 Å². The van der Waals surface area contributed by atoms with Crippen LogP contribution in [0.25, 0.3) is 0 Å². The van der Waals surface area contributed by atoms with Crippen LogP contribution in [0.15, 0.2) is 0 Å². The number of carbonyl (C=O) groups is 1. The average Bonchev–Trinajstić information content (AvgIpc) is 2.19. The quantitative estimate of drug-likeness (QED) is 0.377. The van der Waals surface area contributed by atoms with Gasteiger partial charge in [0.05, 0.1) is 32.0 Å². The molecule has 6 heteroatoms. The van der Waals surface area contributed by atoms with Crippen LogP contribution < -0.4 is 0 Å². The van der Waals surface area contributed by atoms with Crippen LogP contribution in [-0.2, 0) is 4.79 Å². The molecule has 0 fully saturated rings. The van der Waals surface area contributed by atoms with E-state index in [2.05, 4.69) is 0 Å². The highest BCUT2D eigenvalue weighted by Gasteiger charge is 2.34. The van der Waals surface area contributed by atoms with E-state index in [-0.39, 0.29) is 0 Å². The Balaban J connectivity index is 4.64. The number of carboxylic acids is 1. The minimum absolute atomic E-state index is 0.355. The van der Waals surface area contributed by atoms with Crippen LogP contribution in [0.4, 0.5) is 0 Å². The first-order valence-corrected chi connectivity index (χ1v) is 4.35.